The van der Waals surface area contributed by atoms with E-state index in [1.807, 2.05) is 12.1 Å². The highest BCUT2D eigenvalue weighted by Crippen LogP contribution is 2.19. The van der Waals surface area contributed by atoms with Gasteiger partial charge in [0, 0.05) is 19.5 Å². The van der Waals surface area contributed by atoms with Crippen molar-refractivity contribution in [2.45, 2.75) is 44.9 Å². The molecular weight excluding hydrogens is 264 g/mol. The second-order valence-electron chi connectivity index (χ2n) is 5.60. The number of anilines is 2. The fourth-order valence-electron chi connectivity index (χ4n) is 2.60. The minimum Gasteiger partial charge on any atom is -0.357 e. The molecule has 1 aromatic heterocycles. The average molecular weight is 290 g/mol. The first kappa shape index (κ1) is 15.8. The average Bonchev–Trinajstić information content (AvgIpc) is 3.02. The highest BCUT2D eigenvalue weighted by atomic mass is 16.1. The van der Waals surface area contributed by atoms with Gasteiger partial charge in [-0.05, 0) is 44.4 Å². The molecule has 3 N–H and O–H groups in total. The lowest BCUT2D eigenvalue weighted by molar-refractivity contribution is -0.116. The second-order valence-corrected chi connectivity index (χ2v) is 5.60. The number of rotatable bonds is 8. The van der Waals surface area contributed by atoms with Gasteiger partial charge in [-0.2, -0.15) is 0 Å². The van der Waals surface area contributed by atoms with E-state index in [4.69, 9.17) is 5.73 Å². The van der Waals surface area contributed by atoms with Crippen molar-refractivity contribution in [2.75, 3.05) is 29.9 Å². The molecule has 5 heteroatoms. The van der Waals surface area contributed by atoms with Gasteiger partial charge in [0.15, 0.2) is 0 Å². The van der Waals surface area contributed by atoms with E-state index in [1.54, 1.807) is 6.20 Å². The summed E-state index contributed by atoms with van der Waals surface area (Å²) in [6, 6.07) is 3.93. The number of nitrogens with two attached hydrogens (primary N) is 1. The zero-order valence-corrected chi connectivity index (χ0v) is 12.7. The maximum absolute atomic E-state index is 11.8. The van der Waals surface area contributed by atoms with Gasteiger partial charge >= 0.3 is 0 Å². The number of carbonyl (C=O) groups excluding carboxylic acids is 1. The maximum Gasteiger partial charge on any atom is 0.224 e. The van der Waals surface area contributed by atoms with Crippen LogP contribution in [0.25, 0.3) is 0 Å². The van der Waals surface area contributed by atoms with E-state index in [0.717, 1.165) is 56.8 Å². The van der Waals surface area contributed by atoms with Crippen LogP contribution in [0.3, 0.4) is 0 Å². The summed E-state index contributed by atoms with van der Waals surface area (Å²) >= 11 is 0. The first-order valence-electron chi connectivity index (χ1n) is 8.00. The molecule has 0 bridgehead atoms. The monoisotopic (exact) mass is 290 g/mol. The van der Waals surface area contributed by atoms with Gasteiger partial charge in [-0.1, -0.05) is 12.8 Å². The van der Waals surface area contributed by atoms with Crippen LogP contribution in [0.1, 0.15) is 44.9 Å². The molecule has 0 radical (unpaired) electrons. The van der Waals surface area contributed by atoms with E-state index < -0.39 is 0 Å². The highest BCUT2D eigenvalue weighted by molar-refractivity contribution is 5.90. The molecule has 5 nitrogen and oxygen atoms in total. The van der Waals surface area contributed by atoms with Crippen LogP contribution in [0.5, 0.6) is 0 Å². The van der Waals surface area contributed by atoms with E-state index in [0.29, 0.717) is 6.42 Å². The molecule has 1 amide bonds. The van der Waals surface area contributed by atoms with Gasteiger partial charge in [0.1, 0.15) is 5.82 Å². The van der Waals surface area contributed by atoms with Crippen molar-refractivity contribution in [3.05, 3.63) is 18.3 Å². The fourth-order valence-corrected chi connectivity index (χ4v) is 2.60. The number of pyridine rings is 1. The molecule has 1 saturated heterocycles. The minimum atomic E-state index is 0.0680. The summed E-state index contributed by atoms with van der Waals surface area (Å²) in [5, 5.41) is 2.91. The van der Waals surface area contributed by atoms with Crippen molar-refractivity contribution in [3.8, 4) is 0 Å². The normalized spacial score (nSPS) is 14.4. The van der Waals surface area contributed by atoms with E-state index in [-0.39, 0.29) is 5.91 Å². The van der Waals surface area contributed by atoms with Gasteiger partial charge in [0.2, 0.25) is 5.91 Å². The van der Waals surface area contributed by atoms with Crippen LogP contribution in [0.2, 0.25) is 0 Å². The fraction of sp³-hybridized carbons (Fsp3) is 0.625. The molecule has 2 heterocycles. The molecule has 1 fully saturated rings. The summed E-state index contributed by atoms with van der Waals surface area (Å²) < 4.78 is 0. The van der Waals surface area contributed by atoms with Crippen molar-refractivity contribution >= 4 is 17.4 Å². The lowest BCUT2D eigenvalue weighted by Crippen LogP contribution is -2.19. The highest BCUT2D eigenvalue weighted by Gasteiger charge is 2.13. The summed E-state index contributed by atoms with van der Waals surface area (Å²) in [7, 11) is 0. The van der Waals surface area contributed by atoms with Crippen LogP contribution < -0.4 is 16.0 Å². The van der Waals surface area contributed by atoms with Gasteiger partial charge in [0.05, 0.1) is 11.9 Å². The van der Waals surface area contributed by atoms with Gasteiger partial charge in [-0.3, -0.25) is 4.79 Å². The Morgan fingerprint density at radius 2 is 1.95 bits per heavy atom. The number of hydrogen-bond acceptors (Lipinski definition) is 4. The zero-order valence-electron chi connectivity index (χ0n) is 12.7. The summed E-state index contributed by atoms with van der Waals surface area (Å²) in [4.78, 5) is 18.5. The first-order valence-corrected chi connectivity index (χ1v) is 8.00. The Morgan fingerprint density at radius 3 is 2.62 bits per heavy atom. The smallest absolute Gasteiger partial charge is 0.224 e. The number of carbonyl (C=O) groups is 1. The van der Waals surface area contributed by atoms with Crippen molar-refractivity contribution in [1.82, 2.24) is 4.98 Å². The minimum absolute atomic E-state index is 0.0680. The van der Waals surface area contributed by atoms with E-state index in [2.05, 4.69) is 15.2 Å². The van der Waals surface area contributed by atoms with Crippen LogP contribution in [-0.4, -0.2) is 30.5 Å². The molecule has 0 aromatic carbocycles. The van der Waals surface area contributed by atoms with E-state index in [1.165, 1.54) is 12.8 Å². The third kappa shape index (κ3) is 5.34. The summed E-state index contributed by atoms with van der Waals surface area (Å²) in [6.07, 6.45) is 8.94. The molecular formula is C16H26N4O. The number of aromatic nitrogens is 1. The van der Waals surface area contributed by atoms with Crippen molar-refractivity contribution < 1.29 is 4.79 Å². The predicted octanol–water partition coefficient (Wildman–Crippen LogP) is 2.53. The Balaban J connectivity index is 1.71. The number of unbranched alkanes of at least 4 members (excludes halogenated alkanes) is 3. The molecule has 1 aromatic rings. The van der Waals surface area contributed by atoms with Gasteiger partial charge in [-0.15, -0.1) is 0 Å². The molecule has 21 heavy (non-hydrogen) atoms. The van der Waals surface area contributed by atoms with Gasteiger partial charge in [-0.25, -0.2) is 4.98 Å². The lowest BCUT2D eigenvalue weighted by atomic mass is 10.1. The lowest BCUT2D eigenvalue weighted by Gasteiger charge is -2.16. The molecule has 1 aliphatic heterocycles. The second kappa shape index (κ2) is 8.62. The largest absolute Gasteiger partial charge is 0.357 e. The zero-order chi connectivity index (χ0) is 14.9. The predicted molar refractivity (Wildman–Crippen MR) is 86.5 cm³/mol. The Labute approximate surface area is 126 Å². The molecule has 0 aliphatic carbocycles. The molecule has 0 saturated carbocycles. The van der Waals surface area contributed by atoms with Crippen LogP contribution in [0, 0.1) is 0 Å². The summed E-state index contributed by atoms with van der Waals surface area (Å²) in [5.74, 6) is 1.07. The Hall–Kier alpha value is -1.62. The van der Waals surface area contributed by atoms with Crippen LogP contribution >= 0.6 is 0 Å². The Morgan fingerprint density at radius 1 is 1.19 bits per heavy atom. The Kier molecular flexibility index (Phi) is 6.47. The third-order valence-electron chi connectivity index (χ3n) is 3.82. The van der Waals surface area contributed by atoms with Crippen LogP contribution in [-0.2, 0) is 4.79 Å². The molecule has 0 unspecified atom stereocenters. The number of nitrogens with one attached hydrogen (secondary N) is 1. The quantitative estimate of drug-likeness (QED) is 0.722. The van der Waals surface area contributed by atoms with Gasteiger partial charge in [0.25, 0.3) is 0 Å². The van der Waals surface area contributed by atoms with Crippen molar-refractivity contribution in [1.29, 1.82) is 0 Å². The third-order valence-corrected chi connectivity index (χ3v) is 3.82. The molecule has 1 aliphatic rings. The number of hydrogen-bond donors (Lipinski definition) is 2. The van der Waals surface area contributed by atoms with Crippen LogP contribution in [0.4, 0.5) is 11.5 Å². The standard InChI is InChI=1S/C16H26N4O/c17-10-4-2-1-3-7-16(21)19-14-8-9-15(18-13-14)20-11-5-6-12-20/h8-9,13H,1-7,10-12,17H2,(H,19,21). The topological polar surface area (TPSA) is 71.2 Å². The summed E-state index contributed by atoms with van der Waals surface area (Å²) in [5.41, 5.74) is 6.22. The van der Waals surface area contributed by atoms with Gasteiger partial charge < -0.3 is 16.0 Å². The number of nitrogens with zero attached hydrogens (tertiary/aromatic N) is 2. The van der Waals surface area contributed by atoms with Crippen LogP contribution in [0.15, 0.2) is 18.3 Å². The molecule has 2 rings (SSSR count). The van der Waals surface area contributed by atoms with Crippen molar-refractivity contribution in [3.63, 3.8) is 0 Å². The number of amides is 1. The first-order chi connectivity index (χ1) is 10.3. The Bertz CT molecular complexity index is 426. The SMILES string of the molecule is NCCCCCCC(=O)Nc1ccc(N2CCCC2)nc1. The van der Waals surface area contributed by atoms with E-state index >= 15 is 0 Å². The maximum atomic E-state index is 11.8. The molecule has 0 spiro atoms. The molecule has 116 valence electrons. The summed E-state index contributed by atoms with van der Waals surface area (Å²) in [6.45, 7) is 2.91. The molecule has 0 atom stereocenters. The van der Waals surface area contributed by atoms with E-state index in [9.17, 15) is 4.79 Å². The van der Waals surface area contributed by atoms with Crippen molar-refractivity contribution in [2.24, 2.45) is 5.73 Å².